The van der Waals surface area contributed by atoms with Gasteiger partial charge in [0.15, 0.2) is 6.61 Å². The van der Waals surface area contributed by atoms with Crippen molar-refractivity contribution in [2.75, 3.05) is 6.61 Å². The first kappa shape index (κ1) is 10.5. The predicted octanol–water partition coefficient (Wildman–Crippen LogP) is 0.346. The Bertz CT molecular complexity index is 338. The molecule has 2 N–H and O–H groups in total. The summed E-state index contributed by atoms with van der Waals surface area (Å²) in [5.74, 6) is -0.611. The van der Waals surface area contributed by atoms with Crippen LogP contribution in [0.25, 0.3) is 0 Å². The molecular formula is C9H11NO4. The first-order chi connectivity index (χ1) is 6.63. The third kappa shape index (κ3) is 2.70. The highest BCUT2D eigenvalue weighted by atomic mass is 16.5. The second-order valence-corrected chi connectivity index (χ2v) is 2.73. The summed E-state index contributed by atoms with van der Waals surface area (Å²) in [5, 5.41) is 17.2. The van der Waals surface area contributed by atoms with Crippen molar-refractivity contribution in [1.29, 1.82) is 0 Å². The number of aliphatic carboxylic acids is 1. The summed E-state index contributed by atoms with van der Waals surface area (Å²) < 4.78 is 4.95. The molecule has 0 atom stereocenters. The highest BCUT2D eigenvalue weighted by molar-refractivity contribution is 5.68. The summed E-state index contributed by atoms with van der Waals surface area (Å²) in [6.45, 7) is 1.16. The minimum atomic E-state index is -1.03. The molecule has 1 heterocycles. The Kier molecular flexibility index (Phi) is 3.41. The third-order valence-electron chi connectivity index (χ3n) is 1.61. The summed E-state index contributed by atoms with van der Waals surface area (Å²) in [5.41, 5.74) is 1.10. The van der Waals surface area contributed by atoms with E-state index in [-0.39, 0.29) is 13.2 Å². The number of aliphatic hydroxyl groups excluding tert-OH is 1. The molecule has 0 saturated carbocycles. The smallest absolute Gasteiger partial charge is 0.341 e. The van der Waals surface area contributed by atoms with Crippen molar-refractivity contribution in [2.45, 2.75) is 13.5 Å². The van der Waals surface area contributed by atoms with Crippen LogP contribution in [0.4, 0.5) is 0 Å². The van der Waals surface area contributed by atoms with E-state index in [2.05, 4.69) is 4.98 Å². The number of ether oxygens (including phenoxy) is 1. The van der Waals surface area contributed by atoms with Gasteiger partial charge in [0.25, 0.3) is 0 Å². The van der Waals surface area contributed by atoms with Gasteiger partial charge in [-0.05, 0) is 19.1 Å². The lowest BCUT2D eigenvalue weighted by Gasteiger charge is -2.06. The maximum Gasteiger partial charge on any atom is 0.341 e. The van der Waals surface area contributed by atoms with Gasteiger partial charge in [-0.3, -0.25) is 4.98 Å². The first-order valence-electron chi connectivity index (χ1n) is 4.05. The number of carboxylic acids is 1. The Morgan fingerprint density at radius 1 is 1.57 bits per heavy atom. The second-order valence-electron chi connectivity index (χ2n) is 2.73. The van der Waals surface area contributed by atoms with Crippen LogP contribution in [0.3, 0.4) is 0 Å². The molecule has 1 aromatic rings. The Morgan fingerprint density at radius 3 is 2.79 bits per heavy atom. The van der Waals surface area contributed by atoms with E-state index < -0.39 is 5.97 Å². The number of carboxylic acid groups (broad SMARTS) is 1. The van der Waals surface area contributed by atoms with Gasteiger partial charge >= 0.3 is 5.97 Å². The molecule has 0 aliphatic heterocycles. The Balaban J connectivity index is 2.73. The van der Waals surface area contributed by atoms with Gasteiger partial charge in [0.1, 0.15) is 5.75 Å². The highest BCUT2D eigenvalue weighted by Gasteiger charge is 2.04. The standard InChI is InChI=1S/C9H11NO4/c1-6-8(14-5-9(12)13)3-2-7(4-11)10-6/h2-3,11H,4-5H2,1H3,(H,12,13). The number of rotatable bonds is 4. The van der Waals surface area contributed by atoms with Gasteiger partial charge < -0.3 is 14.9 Å². The maximum atomic E-state index is 10.2. The molecule has 0 unspecified atom stereocenters. The lowest BCUT2D eigenvalue weighted by atomic mass is 10.3. The maximum absolute atomic E-state index is 10.2. The van der Waals surface area contributed by atoms with Gasteiger partial charge in [-0.25, -0.2) is 4.79 Å². The van der Waals surface area contributed by atoms with Crippen LogP contribution in [0.1, 0.15) is 11.4 Å². The average Bonchev–Trinajstić information content (AvgIpc) is 2.15. The summed E-state index contributed by atoms with van der Waals surface area (Å²) in [6.07, 6.45) is 0. The minimum Gasteiger partial charge on any atom is -0.480 e. The van der Waals surface area contributed by atoms with E-state index in [1.54, 1.807) is 19.1 Å². The molecule has 76 valence electrons. The molecular weight excluding hydrogens is 186 g/mol. The fourth-order valence-electron chi connectivity index (χ4n) is 0.980. The SMILES string of the molecule is Cc1nc(CO)ccc1OCC(=O)O. The van der Waals surface area contributed by atoms with Gasteiger partial charge in [-0.15, -0.1) is 0 Å². The molecule has 1 aromatic heterocycles. The van der Waals surface area contributed by atoms with Crippen molar-refractivity contribution >= 4 is 5.97 Å². The van der Waals surface area contributed by atoms with Crippen LogP contribution in [0.2, 0.25) is 0 Å². The second kappa shape index (κ2) is 4.57. The molecule has 0 aliphatic carbocycles. The van der Waals surface area contributed by atoms with Crippen LogP contribution in [-0.4, -0.2) is 27.8 Å². The summed E-state index contributed by atoms with van der Waals surface area (Å²) in [7, 11) is 0. The van der Waals surface area contributed by atoms with Crippen molar-refractivity contribution in [3.05, 3.63) is 23.5 Å². The summed E-state index contributed by atoms with van der Waals surface area (Å²) in [4.78, 5) is 14.2. The monoisotopic (exact) mass is 197 g/mol. The van der Waals surface area contributed by atoms with E-state index in [0.29, 0.717) is 17.1 Å². The number of pyridine rings is 1. The largest absolute Gasteiger partial charge is 0.480 e. The number of nitrogens with zero attached hydrogens (tertiary/aromatic N) is 1. The zero-order chi connectivity index (χ0) is 10.6. The van der Waals surface area contributed by atoms with Crippen LogP contribution in [0, 0.1) is 6.92 Å². The van der Waals surface area contributed by atoms with E-state index in [0.717, 1.165) is 0 Å². The lowest BCUT2D eigenvalue weighted by Crippen LogP contribution is -2.10. The van der Waals surface area contributed by atoms with Gasteiger partial charge in [0.05, 0.1) is 18.0 Å². The number of carbonyl (C=O) groups is 1. The van der Waals surface area contributed by atoms with Gasteiger partial charge in [0, 0.05) is 0 Å². The Morgan fingerprint density at radius 2 is 2.29 bits per heavy atom. The van der Waals surface area contributed by atoms with Crippen molar-refractivity contribution in [3.8, 4) is 5.75 Å². The zero-order valence-corrected chi connectivity index (χ0v) is 7.73. The van der Waals surface area contributed by atoms with Crippen LogP contribution in [-0.2, 0) is 11.4 Å². The van der Waals surface area contributed by atoms with Crippen molar-refractivity contribution in [3.63, 3.8) is 0 Å². The molecule has 5 heteroatoms. The van der Waals surface area contributed by atoms with E-state index in [1.807, 2.05) is 0 Å². The molecule has 0 amide bonds. The first-order valence-corrected chi connectivity index (χ1v) is 4.05. The van der Waals surface area contributed by atoms with Crippen molar-refractivity contribution < 1.29 is 19.7 Å². The van der Waals surface area contributed by atoms with Crippen LogP contribution in [0.5, 0.6) is 5.75 Å². The molecule has 0 aliphatic rings. The van der Waals surface area contributed by atoms with E-state index >= 15 is 0 Å². The van der Waals surface area contributed by atoms with E-state index in [9.17, 15) is 4.79 Å². The fraction of sp³-hybridized carbons (Fsp3) is 0.333. The zero-order valence-electron chi connectivity index (χ0n) is 7.73. The number of hydrogen-bond acceptors (Lipinski definition) is 4. The number of hydrogen-bond donors (Lipinski definition) is 2. The Labute approximate surface area is 81.0 Å². The molecule has 0 spiro atoms. The molecule has 0 fully saturated rings. The molecule has 0 aromatic carbocycles. The molecule has 14 heavy (non-hydrogen) atoms. The fourth-order valence-corrected chi connectivity index (χ4v) is 0.980. The number of aromatic nitrogens is 1. The molecule has 0 saturated heterocycles. The van der Waals surface area contributed by atoms with Gasteiger partial charge in [-0.2, -0.15) is 0 Å². The number of aryl methyl sites for hydroxylation is 1. The molecule has 5 nitrogen and oxygen atoms in total. The van der Waals surface area contributed by atoms with Crippen molar-refractivity contribution in [2.24, 2.45) is 0 Å². The third-order valence-corrected chi connectivity index (χ3v) is 1.61. The normalized spacial score (nSPS) is 9.86. The topological polar surface area (TPSA) is 79.7 Å². The molecule has 1 rings (SSSR count). The average molecular weight is 197 g/mol. The van der Waals surface area contributed by atoms with Crippen LogP contribution >= 0.6 is 0 Å². The molecule has 0 bridgehead atoms. The Hall–Kier alpha value is -1.62. The van der Waals surface area contributed by atoms with Crippen molar-refractivity contribution in [1.82, 2.24) is 4.98 Å². The summed E-state index contributed by atoms with van der Waals surface area (Å²) >= 11 is 0. The van der Waals surface area contributed by atoms with E-state index in [1.165, 1.54) is 0 Å². The number of aliphatic hydroxyl groups is 1. The van der Waals surface area contributed by atoms with Gasteiger partial charge in [-0.1, -0.05) is 0 Å². The lowest BCUT2D eigenvalue weighted by molar-refractivity contribution is -0.139. The predicted molar refractivity (Wildman–Crippen MR) is 48.0 cm³/mol. The minimum absolute atomic E-state index is 0.139. The van der Waals surface area contributed by atoms with E-state index in [4.69, 9.17) is 14.9 Å². The summed E-state index contributed by atoms with van der Waals surface area (Å²) in [6, 6.07) is 3.18. The van der Waals surface area contributed by atoms with Crippen LogP contribution < -0.4 is 4.74 Å². The highest BCUT2D eigenvalue weighted by Crippen LogP contribution is 2.15. The quantitative estimate of drug-likeness (QED) is 0.727. The van der Waals surface area contributed by atoms with Crippen LogP contribution in [0.15, 0.2) is 12.1 Å². The molecule has 0 radical (unpaired) electrons. The van der Waals surface area contributed by atoms with Gasteiger partial charge in [0.2, 0.25) is 0 Å².